The van der Waals surface area contributed by atoms with Gasteiger partial charge in [-0.25, -0.2) is 4.98 Å². The van der Waals surface area contributed by atoms with Gasteiger partial charge in [0.05, 0.1) is 31.0 Å². The number of carbonyl (C=O) groups excluding carboxylic acids is 1. The smallest absolute Gasteiger partial charge is 0.275 e. The molecule has 0 spiro atoms. The summed E-state index contributed by atoms with van der Waals surface area (Å²) >= 11 is 7.69. The molecule has 2 heterocycles. The Morgan fingerprint density at radius 2 is 1.89 bits per heavy atom. The molecule has 0 fully saturated rings. The van der Waals surface area contributed by atoms with Crippen LogP contribution in [0.15, 0.2) is 41.8 Å². The lowest BCUT2D eigenvalue weighted by atomic mass is 10.2. The molecule has 0 saturated heterocycles. The Hall–Kier alpha value is -2.77. The van der Waals surface area contributed by atoms with E-state index in [9.17, 15) is 4.79 Å². The van der Waals surface area contributed by atoms with Crippen LogP contribution in [0, 0.1) is 0 Å². The van der Waals surface area contributed by atoms with E-state index in [0.717, 1.165) is 22.7 Å². The first-order valence-electron chi connectivity index (χ1n) is 8.64. The third kappa shape index (κ3) is 3.90. The highest BCUT2D eigenvalue weighted by molar-refractivity contribution is 7.13. The van der Waals surface area contributed by atoms with Crippen molar-refractivity contribution < 1.29 is 19.0 Å². The molecule has 0 unspecified atom stereocenters. The summed E-state index contributed by atoms with van der Waals surface area (Å²) in [6, 6.07) is 10.8. The van der Waals surface area contributed by atoms with Crippen molar-refractivity contribution in [2.75, 3.05) is 25.6 Å². The molecule has 6 nitrogen and oxygen atoms in total. The van der Waals surface area contributed by atoms with Crippen molar-refractivity contribution in [1.82, 2.24) is 4.98 Å². The number of rotatable bonds is 4. The van der Waals surface area contributed by atoms with Crippen LogP contribution >= 0.6 is 22.9 Å². The zero-order valence-corrected chi connectivity index (χ0v) is 16.6. The van der Waals surface area contributed by atoms with Gasteiger partial charge < -0.3 is 19.5 Å². The van der Waals surface area contributed by atoms with Crippen molar-refractivity contribution in [3.05, 3.63) is 52.5 Å². The van der Waals surface area contributed by atoms with Gasteiger partial charge in [0.1, 0.15) is 16.5 Å². The number of anilines is 1. The predicted octanol–water partition coefficient (Wildman–Crippen LogP) is 4.89. The Morgan fingerprint density at radius 1 is 1.18 bits per heavy atom. The number of benzene rings is 2. The van der Waals surface area contributed by atoms with Gasteiger partial charge in [0.25, 0.3) is 5.91 Å². The third-order valence-electron chi connectivity index (χ3n) is 4.16. The number of ether oxygens (including phenoxy) is 3. The van der Waals surface area contributed by atoms with Gasteiger partial charge in [0.15, 0.2) is 11.5 Å². The lowest BCUT2D eigenvalue weighted by Gasteiger charge is -2.12. The van der Waals surface area contributed by atoms with Gasteiger partial charge in [-0.05, 0) is 24.3 Å². The number of carbonyl (C=O) groups is 1. The lowest BCUT2D eigenvalue weighted by Crippen LogP contribution is -2.13. The van der Waals surface area contributed by atoms with Gasteiger partial charge in [0, 0.05) is 29.5 Å². The highest BCUT2D eigenvalue weighted by Crippen LogP contribution is 2.38. The fourth-order valence-electron chi connectivity index (χ4n) is 2.71. The van der Waals surface area contributed by atoms with E-state index in [1.165, 1.54) is 11.3 Å². The second-order valence-corrected chi connectivity index (χ2v) is 7.32. The van der Waals surface area contributed by atoms with Crippen LogP contribution in [-0.2, 0) is 0 Å². The van der Waals surface area contributed by atoms with Crippen molar-refractivity contribution >= 4 is 34.5 Å². The summed E-state index contributed by atoms with van der Waals surface area (Å²) in [6.45, 7) is 1.13. The molecule has 0 atom stereocenters. The first kappa shape index (κ1) is 18.6. The number of hydrogen-bond donors (Lipinski definition) is 1. The maximum absolute atomic E-state index is 12.6. The molecule has 0 bridgehead atoms. The molecule has 2 aromatic carbocycles. The van der Waals surface area contributed by atoms with Crippen LogP contribution in [0.2, 0.25) is 5.02 Å². The van der Waals surface area contributed by atoms with E-state index in [2.05, 4.69) is 10.3 Å². The van der Waals surface area contributed by atoms with Gasteiger partial charge in [-0.3, -0.25) is 4.79 Å². The lowest BCUT2D eigenvalue weighted by molar-refractivity contribution is 0.102. The predicted molar refractivity (Wildman–Crippen MR) is 109 cm³/mol. The van der Waals surface area contributed by atoms with Crippen LogP contribution in [0.3, 0.4) is 0 Å². The topological polar surface area (TPSA) is 69.7 Å². The Bertz CT molecular complexity index is 1000. The summed E-state index contributed by atoms with van der Waals surface area (Å²) in [5, 5.41) is 5.64. The van der Waals surface area contributed by atoms with Crippen molar-refractivity contribution in [1.29, 1.82) is 0 Å². The molecule has 144 valence electrons. The van der Waals surface area contributed by atoms with E-state index >= 15 is 0 Å². The minimum Gasteiger partial charge on any atom is -0.497 e. The van der Waals surface area contributed by atoms with E-state index in [1.807, 2.05) is 24.3 Å². The highest BCUT2D eigenvalue weighted by atomic mass is 35.5. The quantitative estimate of drug-likeness (QED) is 0.656. The first-order valence-corrected chi connectivity index (χ1v) is 9.90. The van der Waals surface area contributed by atoms with Crippen molar-refractivity contribution in [3.63, 3.8) is 0 Å². The van der Waals surface area contributed by atoms with E-state index in [1.54, 1.807) is 24.6 Å². The fourth-order valence-corrected chi connectivity index (χ4v) is 3.72. The molecule has 0 radical (unpaired) electrons. The van der Waals surface area contributed by atoms with Crippen molar-refractivity contribution in [2.24, 2.45) is 0 Å². The van der Waals surface area contributed by atoms with Gasteiger partial charge in [-0.2, -0.15) is 0 Å². The number of hydrogen-bond acceptors (Lipinski definition) is 6. The normalized spacial score (nSPS) is 12.9. The average Bonchev–Trinajstić information content (AvgIpc) is 3.10. The molecule has 1 aliphatic rings. The number of methoxy groups -OCH3 is 1. The molecule has 4 rings (SSSR count). The molecule has 1 N–H and O–H groups in total. The summed E-state index contributed by atoms with van der Waals surface area (Å²) < 4.78 is 16.4. The van der Waals surface area contributed by atoms with Crippen LogP contribution in [-0.4, -0.2) is 31.2 Å². The molecule has 1 aliphatic heterocycles. The number of aromatic nitrogens is 1. The minimum absolute atomic E-state index is 0.319. The van der Waals surface area contributed by atoms with Crippen molar-refractivity contribution in [2.45, 2.75) is 6.42 Å². The molecule has 0 saturated carbocycles. The summed E-state index contributed by atoms with van der Waals surface area (Å²) in [6.07, 6.45) is 0.793. The molecular weight excluding hydrogens is 400 g/mol. The monoisotopic (exact) mass is 416 g/mol. The number of nitrogens with one attached hydrogen (secondary N) is 1. The van der Waals surface area contributed by atoms with E-state index in [0.29, 0.717) is 41.1 Å². The Labute approximate surface area is 171 Å². The first-order chi connectivity index (χ1) is 13.6. The number of thiazole rings is 1. The zero-order valence-electron chi connectivity index (χ0n) is 15.0. The van der Waals surface area contributed by atoms with Crippen LogP contribution in [0.1, 0.15) is 16.9 Å². The van der Waals surface area contributed by atoms with Gasteiger partial charge in [-0.15, -0.1) is 11.3 Å². The Kier molecular flexibility index (Phi) is 5.36. The molecule has 1 aromatic heterocycles. The summed E-state index contributed by atoms with van der Waals surface area (Å²) in [5.41, 5.74) is 1.69. The second-order valence-electron chi connectivity index (χ2n) is 6.05. The molecule has 1 amide bonds. The van der Waals surface area contributed by atoms with E-state index < -0.39 is 0 Å². The van der Waals surface area contributed by atoms with Crippen LogP contribution in [0.4, 0.5) is 5.69 Å². The Balaban J connectivity index is 1.52. The SMILES string of the molecule is COc1ccc(-c2nc(C(=O)Nc3cc4c(cc3Cl)OCCCO4)cs2)cc1. The maximum Gasteiger partial charge on any atom is 0.275 e. The van der Waals surface area contributed by atoms with Crippen LogP contribution < -0.4 is 19.5 Å². The fraction of sp³-hybridized carbons (Fsp3) is 0.200. The van der Waals surface area contributed by atoms with Crippen LogP contribution in [0.25, 0.3) is 10.6 Å². The van der Waals surface area contributed by atoms with E-state index in [-0.39, 0.29) is 5.91 Å². The molecule has 3 aromatic rings. The summed E-state index contributed by atoms with van der Waals surface area (Å²) in [5.74, 6) is 1.57. The molecule has 0 aliphatic carbocycles. The van der Waals surface area contributed by atoms with Gasteiger partial charge in [0.2, 0.25) is 0 Å². The standard InChI is InChI=1S/C20H17ClN2O4S/c1-25-13-5-3-12(4-6-13)20-23-16(11-28-20)19(24)22-15-10-18-17(9-14(15)21)26-7-2-8-27-18/h3-6,9-11H,2,7-8H2,1H3,(H,22,24). The zero-order chi connectivity index (χ0) is 19.5. The molecule has 8 heteroatoms. The summed E-state index contributed by atoms with van der Waals surface area (Å²) in [4.78, 5) is 17.1. The molecule has 28 heavy (non-hydrogen) atoms. The van der Waals surface area contributed by atoms with Gasteiger partial charge in [-0.1, -0.05) is 11.6 Å². The number of nitrogens with zero attached hydrogens (tertiary/aromatic N) is 1. The average molecular weight is 417 g/mol. The molecular formula is C20H17ClN2O4S. The number of amides is 1. The minimum atomic E-state index is -0.340. The van der Waals surface area contributed by atoms with Gasteiger partial charge >= 0.3 is 0 Å². The largest absolute Gasteiger partial charge is 0.497 e. The van der Waals surface area contributed by atoms with Crippen LogP contribution in [0.5, 0.6) is 17.2 Å². The maximum atomic E-state index is 12.6. The van der Waals surface area contributed by atoms with Crippen molar-refractivity contribution in [3.8, 4) is 27.8 Å². The summed E-state index contributed by atoms with van der Waals surface area (Å²) in [7, 11) is 1.62. The highest BCUT2D eigenvalue weighted by Gasteiger charge is 2.18. The van der Waals surface area contributed by atoms with E-state index in [4.69, 9.17) is 25.8 Å². The number of halogens is 1. The number of fused-ring (bicyclic) bond motifs is 1. The third-order valence-corrected chi connectivity index (χ3v) is 5.36. The second kappa shape index (κ2) is 8.08. The Morgan fingerprint density at radius 3 is 2.61 bits per heavy atom.